The number of phenolic OH excluding ortho intramolecular Hbond substituents is 1. The van der Waals surface area contributed by atoms with Gasteiger partial charge in [-0.05, 0) is 110 Å². The number of thiophene rings is 1. The number of carbonyl (C=O) groups is 17. The number of primary amides is 2. The smallest absolute Gasteiger partial charge is 0.248 e. The average molecular weight is 1840 g/mol. The quantitative estimate of drug-likeness (QED) is 0.0158. The molecular weight excluding hydrogens is 1720 g/mol. The monoisotopic (exact) mass is 1830 g/mol. The van der Waals surface area contributed by atoms with Gasteiger partial charge in [0.1, 0.15) is 90.3 Å². The predicted octanol–water partition coefficient (Wildman–Crippen LogP) is -4.19. The first-order chi connectivity index (χ1) is 61.5. The normalized spacial score (nSPS) is 24.7. The maximum absolute atomic E-state index is 15.7. The molecule has 0 saturated carbocycles. The third-order valence-corrected chi connectivity index (χ3v) is 24.9. The number of nitrogens with one attached hydrogen (secondary N) is 13. The van der Waals surface area contributed by atoms with E-state index in [1.807, 2.05) is 32.0 Å². The number of phenols is 1. The number of aromatic amines is 1. The van der Waals surface area contributed by atoms with E-state index in [1.54, 1.807) is 41.9 Å². The number of thioether (sulfide) groups is 1. The fraction of sp³-hybridized carbons (Fsp3) is 0.529. The Labute approximate surface area is 752 Å². The molecule has 0 spiro atoms. The van der Waals surface area contributed by atoms with Crippen LogP contribution in [0.5, 0.6) is 5.75 Å². The average Bonchev–Trinajstić information content (AvgIpc) is 1.74. The lowest BCUT2D eigenvalue weighted by atomic mass is 10.00. The number of aromatic hydroxyl groups is 1. The molecule has 42 nitrogen and oxygen atoms in total. The van der Waals surface area contributed by atoms with E-state index in [2.05, 4.69) is 63.5 Å². The van der Waals surface area contributed by atoms with Gasteiger partial charge in [0, 0.05) is 87.6 Å². The van der Waals surface area contributed by atoms with Gasteiger partial charge < -0.3 is 126 Å². The molecule has 0 aliphatic carbocycles. The molecule has 3 aliphatic heterocycles. The maximum atomic E-state index is 15.7. The number of guanidine groups is 1. The van der Waals surface area contributed by atoms with E-state index < -0.39 is 235 Å². The van der Waals surface area contributed by atoms with Crippen molar-refractivity contribution in [3.63, 3.8) is 0 Å². The van der Waals surface area contributed by atoms with Crippen LogP contribution in [0.3, 0.4) is 0 Å². The Morgan fingerprint density at radius 1 is 0.504 bits per heavy atom. The van der Waals surface area contributed by atoms with Crippen LogP contribution in [0.2, 0.25) is 0 Å². The minimum absolute atomic E-state index is 0.00307. The van der Waals surface area contributed by atoms with Crippen LogP contribution in [0.25, 0.3) is 21.0 Å². The molecule has 0 radical (unpaired) electrons. The standard InChI is InChI=1S/C85H119N21O21S2/c1-7-9-22-63-77(120)94-54(21-15-31-90-85(88)89)73(116)101-62(72(115)92-39-69(87)112)44-128-45-70(113)93-56(34-47-27-29-50(110)30-28-47)80(123)102(4)46(3)71(114)96-58(37-68(86)111)82(125)105-32-16-25-65(105)79(122)99-60(41-108)76(119)100-61(42-109)83(126)106-33-17-24-64(106)78(121)95-55(35-48-38-91-53-20-13-11-18-51(48)53)74(117)98-59(40-107)75(118)97-57(36-49-43-129-67-26-14-12-19-52(49)67)81(124)104(6)66(23-10-8-2)84(127)103(63)5/h11-14,18-20,26-30,38,43,46,54-66,91,107-110H,7-10,15-17,21-25,31-37,39-42,44-45H2,1-6H3,(H2,86,111)(H2,87,112)(H,92,115)(H,93,113)(H,94,120)(H,95,121)(H,96,114)(H,97,118)(H,98,117)(H,99,122)(H,100,119)(H,101,116)(H4,88,89,90)/t46-,54-,55-,56-,57-,58+,59-,60-,61-,62-,63-,64-,65-,66-/m0/s1. The Balaban J connectivity index is 1.17. The molecule has 8 rings (SSSR count). The van der Waals surface area contributed by atoms with Gasteiger partial charge in [-0.3, -0.25) is 86.9 Å². The maximum Gasteiger partial charge on any atom is 0.248 e. The third kappa shape index (κ3) is 28.2. The Hall–Kier alpha value is -12.6. The molecular formula is C85H119N21O21S2. The van der Waals surface area contributed by atoms with Crippen LogP contribution in [0.1, 0.15) is 121 Å². The number of hydrogen-bond acceptors (Lipinski definition) is 24. The molecule has 129 heavy (non-hydrogen) atoms. The number of H-pyrrole nitrogens is 1. The van der Waals surface area contributed by atoms with Crippen molar-refractivity contribution in [3.05, 3.63) is 101 Å². The lowest BCUT2D eigenvalue weighted by Crippen LogP contribution is -2.62. The minimum Gasteiger partial charge on any atom is -0.508 e. The molecule has 23 N–H and O–H groups in total. The van der Waals surface area contributed by atoms with E-state index in [4.69, 9.17) is 22.6 Å². The van der Waals surface area contributed by atoms with Crippen molar-refractivity contribution in [2.45, 2.75) is 208 Å². The zero-order chi connectivity index (χ0) is 94.5. The first kappa shape index (κ1) is 102. The molecule has 3 aromatic carbocycles. The largest absolute Gasteiger partial charge is 0.508 e. The van der Waals surface area contributed by atoms with Crippen molar-refractivity contribution in [2.24, 2.45) is 17.2 Å². The van der Waals surface area contributed by atoms with Crippen LogP contribution in [0, 0.1) is 5.41 Å². The van der Waals surface area contributed by atoms with Gasteiger partial charge in [-0.1, -0.05) is 88.1 Å². The second-order valence-corrected chi connectivity index (χ2v) is 34.1. The number of fused-ring (bicyclic) bond motifs is 4. The lowest BCUT2D eigenvalue weighted by molar-refractivity contribution is -0.149. The summed E-state index contributed by atoms with van der Waals surface area (Å²) >= 11 is 2.10. The lowest BCUT2D eigenvalue weighted by Gasteiger charge is -2.36. The first-order valence-corrected chi connectivity index (χ1v) is 44.8. The molecule has 0 bridgehead atoms. The number of carbonyl (C=O) groups excluding carboxylic acids is 17. The van der Waals surface area contributed by atoms with Crippen LogP contribution in [-0.4, -0.2) is 320 Å². The van der Waals surface area contributed by atoms with E-state index in [0.717, 1.165) is 41.0 Å². The molecule has 3 saturated heterocycles. The highest BCUT2D eigenvalue weighted by Crippen LogP contribution is 2.30. The van der Waals surface area contributed by atoms with Gasteiger partial charge in [0.2, 0.25) is 100 Å². The molecule has 2 aromatic heterocycles. The van der Waals surface area contributed by atoms with Crippen LogP contribution in [0.15, 0.2) is 84.4 Å². The van der Waals surface area contributed by atoms with Gasteiger partial charge in [0.15, 0.2) is 5.96 Å². The summed E-state index contributed by atoms with van der Waals surface area (Å²) in [5.41, 5.74) is 18.7. The number of nitrogens with zero attached hydrogens (tertiary/aromatic N) is 5. The van der Waals surface area contributed by atoms with E-state index in [0.29, 0.717) is 58.7 Å². The summed E-state index contributed by atoms with van der Waals surface area (Å²) in [7, 11) is 3.88. The number of rotatable bonds is 24. The number of hydrogen-bond donors (Lipinski definition) is 20. The summed E-state index contributed by atoms with van der Waals surface area (Å²) in [6, 6.07) is -2.66. The summed E-state index contributed by atoms with van der Waals surface area (Å²) in [5.74, 6) is -18.3. The summed E-state index contributed by atoms with van der Waals surface area (Å²) < 4.78 is 0.810. The first-order valence-electron chi connectivity index (χ1n) is 42.8. The highest BCUT2D eigenvalue weighted by Gasteiger charge is 2.45. The second-order valence-electron chi connectivity index (χ2n) is 32.1. The van der Waals surface area contributed by atoms with E-state index in [9.17, 15) is 78.0 Å². The molecule has 702 valence electrons. The number of aliphatic hydroxyl groups is 3. The molecule has 0 unspecified atom stereocenters. The molecule has 5 aromatic rings. The number of amides is 17. The number of likely N-dealkylation sites (N-methyl/N-ethyl adjacent to an activating group) is 3. The van der Waals surface area contributed by atoms with Gasteiger partial charge in [-0.25, -0.2) is 0 Å². The number of nitrogens with two attached hydrogens (primary N) is 3. The Morgan fingerprint density at radius 2 is 1.02 bits per heavy atom. The fourth-order valence-corrected chi connectivity index (χ4v) is 17.4. The number of unbranched alkanes of at least 4 members (excludes halogenated alkanes) is 2. The number of para-hydroxylation sites is 1. The molecule has 44 heteroatoms. The summed E-state index contributed by atoms with van der Waals surface area (Å²) in [6.07, 6.45) is 1.60. The van der Waals surface area contributed by atoms with E-state index in [-0.39, 0.29) is 96.0 Å². The summed E-state index contributed by atoms with van der Waals surface area (Å²) in [6.45, 7) is 0.563. The van der Waals surface area contributed by atoms with Gasteiger partial charge in [-0.15, -0.1) is 23.1 Å². The molecule has 17 amide bonds. The van der Waals surface area contributed by atoms with Crippen molar-refractivity contribution in [1.29, 1.82) is 5.41 Å². The van der Waals surface area contributed by atoms with E-state index in [1.165, 1.54) is 63.7 Å². The fourth-order valence-electron chi connectivity index (χ4n) is 15.5. The summed E-state index contributed by atoms with van der Waals surface area (Å²) in [4.78, 5) is 255. The Kier molecular flexibility index (Phi) is 38.8. The number of benzene rings is 3. The topological polar surface area (TPSA) is 637 Å². The van der Waals surface area contributed by atoms with Crippen molar-refractivity contribution < 1.29 is 102 Å². The van der Waals surface area contributed by atoms with Gasteiger partial charge in [0.25, 0.3) is 0 Å². The van der Waals surface area contributed by atoms with Crippen molar-refractivity contribution in [2.75, 3.05) is 78.6 Å². The zero-order valence-electron chi connectivity index (χ0n) is 72.9. The van der Waals surface area contributed by atoms with Crippen LogP contribution in [0.4, 0.5) is 0 Å². The van der Waals surface area contributed by atoms with Crippen LogP contribution >= 0.6 is 23.1 Å². The van der Waals surface area contributed by atoms with Crippen molar-refractivity contribution >= 4 is 150 Å². The molecule has 3 fully saturated rings. The third-order valence-electron chi connectivity index (χ3n) is 22.9. The molecule has 14 atom stereocenters. The van der Waals surface area contributed by atoms with Crippen molar-refractivity contribution in [1.82, 2.24) is 88.0 Å². The SMILES string of the molecule is CCCC[C@H]1C(=O)N(C)[C@@H](CCCC)C(=O)N[C@@H](CCCNC(=N)N)C(=O)N[C@H](C(=O)NCC(N)=O)CSCC(=O)N[C@@H](Cc2ccc(O)cc2)C(=O)N(C)[C@@H](C)C(=O)N[C@H](CC(N)=O)C(=O)N2CCC[C@H]2C(=O)N[C@@H](CO)C(=O)N[C@@H](CO)C(=O)N2CCC[C@H]2C(=O)N[C@@H](Cc2c[nH]c3ccccc23)C(=O)N[C@@H](CO)C(=O)N[C@@H](Cc2csc3ccccc23)C(=O)N1C. The van der Waals surface area contributed by atoms with Gasteiger partial charge in [0.05, 0.1) is 38.5 Å². The second kappa shape index (κ2) is 49.1. The van der Waals surface area contributed by atoms with Crippen molar-refractivity contribution in [3.8, 4) is 5.75 Å². The number of aliphatic hydroxyl groups excluding tert-OH is 3. The predicted molar refractivity (Wildman–Crippen MR) is 474 cm³/mol. The van der Waals surface area contributed by atoms with Gasteiger partial charge in [-0.2, -0.15) is 0 Å². The summed E-state index contributed by atoms with van der Waals surface area (Å²) in [5, 5.41) is 81.7. The Morgan fingerprint density at radius 3 is 1.62 bits per heavy atom. The van der Waals surface area contributed by atoms with Crippen LogP contribution in [-0.2, 0) is 101 Å². The minimum atomic E-state index is -1.88. The van der Waals surface area contributed by atoms with Gasteiger partial charge >= 0.3 is 0 Å². The zero-order valence-corrected chi connectivity index (χ0v) is 74.5. The molecule has 3 aliphatic rings. The number of aromatic nitrogens is 1. The van der Waals surface area contributed by atoms with Crippen LogP contribution < -0.4 is 75.7 Å². The molecule has 5 heterocycles. The highest BCUT2D eigenvalue weighted by atomic mass is 32.2. The Bertz CT molecular complexity index is 4860. The van der Waals surface area contributed by atoms with E-state index >= 15 is 24.0 Å². The highest BCUT2D eigenvalue weighted by molar-refractivity contribution is 8.00.